The van der Waals surface area contributed by atoms with Crippen LogP contribution in [0, 0.1) is 0 Å². The Morgan fingerprint density at radius 3 is 2.77 bits per heavy atom. The van der Waals surface area contributed by atoms with E-state index in [1.807, 2.05) is 18.2 Å². The summed E-state index contributed by atoms with van der Waals surface area (Å²) < 4.78 is 0.878. The fraction of sp³-hybridized carbons (Fsp3) is 0.222. The van der Waals surface area contributed by atoms with Gasteiger partial charge in [-0.25, -0.2) is 0 Å². The highest BCUT2D eigenvalue weighted by Crippen LogP contribution is 2.29. The molecule has 1 N–H and O–H groups in total. The Hall–Kier alpha value is -0.540. The molecular formula is C9H7BrClNO. The summed E-state index contributed by atoms with van der Waals surface area (Å²) in [7, 11) is 0. The van der Waals surface area contributed by atoms with Crippen molar-refractivity contribution in [3.63, 3.8) is 0 Å². The highest BCUT2D eigenvalue weighted by molar-refractivity contribution is 9.10. The van der Waals surface area contributed by atoms with Gasteiger partial charge in [-0.05, 0) is 33.6 Å². The van der Waals surface area contributed by atoms with Crippen LogP contribution in [0.1, 0.15) is 18.0 Å². The number of rotatable bonds is 1. The Kier molecular flexibility index (Phi) is 2.30. The number of carbonyl (C=O) groups excluding carboxylic acids is 1. The number of benzene rings is 1. The van der Waals surface area contributed by atoms with E-state index in [-0.39, 0.29) is 11.9 Å². The van der Waals surface area contributed by atoms with E-state index in [0.717, 1.165) is 10.0 Å². The van der Waals surface area contributed by atoms with E-state index in [1.54, 1.807) is 0 Å². The first-order valence-electron chi connectivity index (χ1n) is 3.91. The van der Waals surface area contributed by atoms with Gasteiger partial charge < -0.3 is 5.32 Å². The molecule has 0 saturated carbocycles. The van der Waals surface area contributed by atoms with Gasteiger partial charge in [0.15, 0.2) is 0 Å². The van der Waals surface area contributed by atoms with Gasteiger partial charge in [0.2, 0.25) is 5.91 Å². The van der Waals surface area contributed by atoms with Crippen molar-refractivity contribution in [1.29, 1.82) is 0 Å². The van der Waals surface area contributed by atoms with Gasteiger partial charge in [-0.15, -0.1) is 0 Å². The third-order valence-corrected chi connectivity index (χ3v) is 3.30. The van der Waals surface area contributed by atoms with Crippen molar-refractivity contribution in [1.82, 2.24) is 5.32 Å². The second-order valence-electron chi connectivity index (χ2n) is 3.00. The van der Waals surface area contributed by atoms with Crippen molar-refractivity contribution in [3.05, 3.63) is 33.3 Å². The average molecular weight is 261 g/mol. The Balaban J connectivity index is 2.22. The molecule has 0 radical (unpaired) electrons. The van der Waals surface area contributed by atoms with Gasteiger partial charge in [-0.1, -0.05) is 17.7 Å². The summed E-state index contributed by atoms with van der Waals surface area (Å²) in [6, 6.07) is 5.87. The molecule has 1 aromatic rings. The molecule has 0 aliphatic carbocycles. The van der Waals surface area contributed by atoms with Crippen molar-refractivity contribution in [2.75, 3.05) is 0 Å². The zero-order chi connectivity index (χ0) is 9.42. The van der Waals surface area contributed by atoms with Gasteiger partial charge in [-0.3, -0.25) is 4.79 Å². The first kappa shape index (κ1) is 9.03. The van der Waals surface area contributed by atoms with Crippen LogP contribution in [0.15, 0.2) is 22.7 Å². The molecule has 68 valence electrons. The molecule has 1 unspecified atom stereocenters. The SMILES string of the molecule is O=C1CC(c2ccc(Br)c(Cl)c2)N1. The highest BCUT2D eigenvalue weighted by Gasteiger charge is 2.26. The minimum atomic E-state index is 0.101. The molecule has 4 heteroatoms. The first-order chi connectivity index (χ1) is 6.16. The molecule has 1 aliphatic rings. The Bertz CT molecular complexity index is 359. The molecule has 1 atom stereocenters. The van der Waals surface area contributed by atoms with E-state index in [0.29, 0.717) is 11.4 Å². The lowest BCUT2D eigenvalue weighted by atomic mass is 9.97. The number of carbonyl (C=O) groups is 1. The summed E-state index contributed by atoms with van der Waals surface area (Å²) in [5, 5.41) is 3.47. The van der Waals surface area contributed by atoms with Crippen LogP contribution in [0.3, 0.4) is 0 Å². The molecule has 1 amide bonds. The van der Waals surface area contributed by atoms with E-state index in [9.17, 15) is 4.79 Å². The van der Waals surface area contributed by atoms with Crippen LogP contribution in [0.2, 0.25) is 5.02 Å². The second kappa shape index (κ2) is 3.31. The monoisotopic (exact) mass is 259 g/mol. The molecule has 0 bridgehead atoms. The topological polar surface area (TPSA) is 29.1 Å². The Morgan fingerprint density at radius 1 is 1.54 bits per heavy atom. The number of hydrogen-bond acceptors (Lipinski definition) is 1. The van der Waals surface area contributed by atoms with Gasteiger partial charge in [0.1, 0.15) is 0 Å². The third-order valence-electron chi connectivity index (χ3n) is 2.07. The van der Waals surface area contributed by atoms with Crippen molar-refractivity contribution in [2.24, 2.45) is 0 Å². The zero-order valence-electron chi connectivity index (χ0n) is 6.68. The van der Waals surface area contributed by atoms with Crippen molar-refractivity contribution >= 4 is 33.4 Å². The maximum atomic E-state index is 10.7. The molecular weight excluding hydrogens is 253 g/mol. The summed E-state index contributed by atoms with van der Waals surface area (Å²) in [6.45, 7) is 0. The normalized spacial score (nSPS) is 20.8. The zero-order valence-corrected chi connectivity index (χ0v) is 9.02. The van der Waals surface area contributed by atoms with Crippen LogP contribution in [0.25, 0.3) is 0 Å². The lowest BCUT2D eigenvalue weighted by Crippen LogP contribution is -2.41. The molecule has 1 aromatic carbocycles. The predicted molar refractivity (Wildman–Crippen MR) is 54.7 cm³/mol. The van der Waals surface area contributed by atoms with Gasteiger partial charge >= 0.3 is 0 Å². The molecule has 1 aliphatic heterocycles. The van der Waals surface area contributed by atoms with E-state index >= 15 is 0 Å². The standard InChI is InChI=1S/C9H7BrClNO/c10-6-2-1-5(3-7(6)11)8-4-9(13)12-8/h1-3,8H,4H2,(H,12,13). The van der Waals surface area contributed by atoms with E-state index in [2.05, 4.69) is 21.2 Å². The molecule has 0 aromatic heterocycles. The molecule has 1 saturated heterocycles. The molecule has 2 nitrogen and oxygen atoms in total. The van der Waals surface area contributed by atoms with Gasteiger partial charge in [0, 0.05) is 4.47 Å². The average Bonchev–Trinajstić information content (AvgIpc) is 2.05. The van der Waals surface area contributed by atoms with E-state index in [1.165, 1.54) is 0 Å². The summed E-state index contributed by atoms with van der Waals surface area (Å²) in [5.74, 6) is 0.101. The van der Waals surface area contributed by atoms with Crippen LogP contribution in [-0.2, 0) is 4.79 Å². The smallest absolute Gasteiger partial charge is 0.222 e. The van der Waals surface area contributed by atoms with Crippen LogP contribution >= 0.6 is 27.5 Å². The minimum Gasteiger partial charge on any atom is -0.349 e. The predicted octanol–water partition coefficient (Wildman–Crippen LogP) is 2.66. The molecule has 1 heterocycles. The number of hydrogen-bond donors (Lipinski definition) is 1. The van der Waals surface area contributed by atoms with Crippen molar-refractivity contribution < 1.29 is 4.79 Å². The van der Waals surface area contributed by atoms with Gasteiger partial charge in [0.25, 0.3) is 0 Å². The number of amides is 1. The summed E-state index contributed by atoms with van der Waals surface area (Å²) in [6.07, 6.45) is 0.567. The van der Waals surface area contributed by atoms with Gasteiger partial charge in [0.05, 0.1) is 17.5 Å². The number of β-lactam (4-membered cyclic amide) rings is 1. The maximum absolute atomic E-state index is 10.7. The third kappa shape index (κ3) is 1.71. The highest BCUT2D eigenvalue weighted by atomic mass is 79.9. The fourth-order valence-electron chi connectivity index (χ4n) is 1.29. The summed E-state index contributed by atoms with van der Waals surface area (Å²) >= 11 is 9.23. The van der Waals surface area contributed by atoms with Crippen LogP contribution < -0.4 is 5.32 Å². The molecule has 0 spiro atoms. The Morgan fingerprint density at radius 2 is 2.23 bits per heavy atom. The number of halogens is 2. The van der Waals surface area contributed by atoms with Crippen LogP contribution in [0.4, 0.5) is 0 Å². The van der Waals surface area contributed by atoms with E-state index in [4.69, 9.17) is 11.6 Å². The minimum absolute atomic E-state index is 0.101. The molecule has 2 rings (SSSR count). The van der Waals surface area contributed by atoms with E-state index < -0.39 is 0 Å². The molecule has 13 heavy (non-hydrogen) atoms. The van der Waals surface area contributed by atoms with Crippen LogP contribution in [0.5, 0.6) is 0 Å². The van der Waals surface area contributed by atoms with Gasteiger partial charge in [-0.2, -0.15) is 0 Å². The largest absolute Gasteiger partial charge is 0.349 e. The molecule has 1 fully saturated rings. The van der Waals surface area contributed by atoms with Crippen molar-refractivity contribution in [2.45, 2.75) is 12.5 Å². The quantitative estimate of drug-likeness (QED) is 0.773. The second-order valence-corrected chi connectivity index (χ2v) is 4.26. The van der Waals surface area contributed by atoms with Crippen LogP contribution in [-0.4, -0.2) is 5.91 Å². The maximum Gasteiger partial charge on any atom is 0.222 e. The summed E-state index contributed by atoms with van der Waals surface area (Å²) in [4.78, 5) is 10.7. The number of nitrogens with one attached hydrogen (secondary N) is 1. The summed E-state index contributed by atoms with van der Waals surface area (Å²) in [5.41, 5.74) is 1.06. The first-order valence-corrected chi connectivity index (χ1v) is 5.08. The lowest BCUT2D eigenvalue weighted by Gasteiger charge is -2.27. The Labute approximate surface area is 89.4 Å². The lowest BCUT2D eigenvalue weighted by molar-refractivity contribution is -0.128. The fourth-order valence-corrected chi connectivity index (χ4v) is 1.72. The van der Waals surface area contributed by atoms with Crippen molar-refractivity contribution in [3.8, 4) is 0 Å².